The van der Waals surface area contributed by atoms with Crippen LogP contribution in [-0.2, 0) is 25.6 Å². The fourth-order valence-electron chi connectivity index (χ4n) is 4.24. The number of carbonyl (C=O) groups is 4. The molecule has 1 aromatic rings. The number of amides is 3. The number of nitrogens with zero attached hydrogens (tertiary/aromatic N) is 2. The van der Waals surface area contributed by atoms with E-state index in [4.69, 9.17) is 17.2 Å². The van der Waals surface area contributed by atoms with Gasteiger partial charge in [-0.3, -0.25) is 19.4 Å². The fourth-order valence-corrected chi connectivity index (χ4v) is 4.73. The zero-order chi connectivity index (χ0) is 28.1. The number of carboxylic acid groups (broad SMARTS) is 1. The van der Waals surface area contributed by atoms with Gasteiger partial charge in [-0.15, -0.1) is 0 Å². The average Bonchev–Trinajstić information content (AvgIpc) is 3.38. The Balaban J connectivity index is 2.13. The van der Waals surface area contributed by atoms with Gasteiger partial charge in [0.25, 0.3) is 0 Å². The van der Waals surface area contributed by atoms with Gasteiger partial charge in [-0.2, -0.15) is 11.8 Å². The van der Waals surface area contributed by atoms with E-state index in [1.807, 2.05) is 36.6 Å². The summed E-state index contributed by atoms with van der Waals surface area (Å²) in [6, 6.07) is 5.57. The number of hydrogen-bond donors (Lipinski definition) is 6. The van der Waals surface area contributed by atoms with Crippen molar-refractivity contribution in [2.75, 3.05) is 25.1 Å². The van der Waals surface area contributed by atoms with E-state index in [-0.39, 0.29) is 25.3 Å². The molecule has 0 aliphatic carbocycles. The third-order valence-corrected chi connectivity index (χ3v) is 6.91. The predicted molar refractivity (Wildman–Crippen MR) is 147 cm³/mol. The molecule has 0 spiro atoms. The van der Waals surface area contributed by atoms with Gasteiger partial charge in [0.2, 0.25) is 17.7 Å². The highest BCUT2D eigenvalue weighted by molar-refractivity contribution is 7.98. The van der Waals surface area contributed by atoms with E-state index in [0.29, 0.717) is 38.0 Å². The van der Waals surface area contributed by atoms with Crippen molar-refractivity contribution in [3.8, 4) is 0 Å². The molecule has 38 heavy (non-hydrogen) atoms. The molecular formula is C25H39N7O5S. The maximum absolute atomic E-state index is 13.7. The van der Waals surface area contributed by atoms with Gasteiger partial charge in [-0.05, 0) is 49.7 Å². The number of nitrogens with one attached hydrogen (secondary N) is 2. The van der Waals surface area contributed by atoms with Gasteiger partial charge >= 0.3 is 5.97 Å². The molecule has 0 aromatic heterocycles. The molecule has 2 rings (SSSR count). The Labute approximate surface area is 227 Å². The number of likely N-dealkylation sites (tertiary alicyclic amines) is 1. The number of thioether (sulfide) groups is 1. The van der Waals surface area contributed by atoms with Crippen LogP contribution in [0.15, 0.2) is 35.3 Å². The molecule has 12 nitrogen and oxygen atoms in total. The summed E-state index contributed by atoms with van der Waals surface area (Å²) in [7, 11) is 0. The van der Waals surface area contributed by atoms with Gasteiger partial charge in [-0.25, -0.2) is 4.79 Å². The lowest BCUT2D eigenvalue weighted by molar-refractivity contribution is -0.145. The van der Waals surface area contributed by atoms with Crippen LogP contribution in [0, 0.1) is 0 Å². The maximum atomic E-state index is 13.7. The van der Waals surface area contributed by atoms with E-state index in [9.17, 15) is 24.3 Å². The summed E-state index contributed by atoms with van der Waals surface area (Å²) < 4.78 is 0. The molecule has 0 radical (unpaired) electrons. The van der Waals surface area contributed by atoms with Crippen molar-refractivity contribution in [3.05, 3.63) is 35.9 Å². The molecule has 13 heteroatoms. The zero-order valence-corrected chi connectivity index (χ0v) is 22.5. The number of aliphatic imine (C=N–C) groups is 1. The van der Waals surface area contributed by atoms with Crippen LogP contribution in [0.3, 0.4) is 0 Å². The summed E-state index contributed by atoms with van der Waals surface area (Å²) in [5.41, 5.74) is 17.4. The van der Waals surface area contributed by atoms with Crippen LogP contribution in [0.2, 0.25) is 0 Å². The van der Waals surface area contributed by atoms with Crippen LogP contribution in [-0.4, -0.2) is 88.9 Å². The molecule has 210 valence electrons. The molecule has 3 amide bonds. The van der Waals surface area contributed by atoms with Gasteiger partial charge in [0.1, 0.15) is 18.1 Å². The Bertz CT molecular complexity index is 974. The van der Waals surface area contributed by atoms with Crippen molar-refractivity contribution >= 4 is 41.4 Å². The minimum Gasteiger partial charge on any atom is -0.480 e. The predicted octanol–water partition coefficient (Wildman–Crippen LogP) is -0.592. The van der Waals surface area contributed by atoms with Crippen molar-refractivity contribution in [3.63, 3.8) is 0 Å². The van der Waals surface area contributed by atoms with Crippen molar-refractivity contribution in [1.29, 1.82) is 0 Å². The first kappa shape index (κ1) is 30.9. The van der Waals surface area contributed by atoms with Crippen LogP contribution in [0.4, 0.5) is 0 Å². The summed E-state index contributed by atoms with van der Waals surface area (Å²) in [6.07, 6.45) is 4.05. The Hall–Kier alpha value is -3.32. The summed E-state index contributed by atoms with van der Waals surface area (Å²) >= 11 is 1.57. The molecule has 9 N–H and O–H groups in total. The number of guanidine groups is 1. The number of nitrogens with two attached hydrogens (primary N) is 3. The van der Waals surface area contributed by atoms with Crippen LogP contribution >= 0.6 is 11.8 Å². The number of aliphatic carboxylic acids is 1. The largest absolute Gasteiger partial charge is 0.480 e. The molecule has 1 aromatic carbocycles. The highest BCUT2D eigenvalue weighted by Crippen LogP contribution is 2.20. The zero-order valence-electron chi connectivity index (χ0n) is 21.7. The lowest BCUT2D eigenvalue weighted by atomic mass is 10.0. The Kier molecular flexibility index (Phi) is 12.9. The third-order valence-electron chi connectivity index (χ3n) is 6.27. The van der Waals surface area contributed by atoms with Gasteiger partial charge in [0.15, 0.2) is 5.96 Å². The number of benzene rings is 1. The fraction of sp³-hybridized carbons (Fsp3) is 0.560. The minimum absolute atomic E-state index is 0.0941. The minimum atomic E-state index is -1.19. The topological polar surface area (TPSA) is 206 Å². The van der Waals surface area contributed by atoms with E-state index in [2.05, 4.69) is 15.6 Å². The van der Waals surface area contributed by atoms with Crippen LogP contribution in [0.1, 0.15) is 37.7 Å². The molecule has 0 saturated carbocycles. The highest BCUT2D eigenvalue weighted by atomic mass is 32.2. The number of carbonyl (C=O) groups excluding carboxylic acids is 3. The van der Waals surface area contributed by atoms with Crippen molar-refractivity contribution < 1.29 is 24.3 Å². The molecule has 0 bridgehead atoms. The quantitative estimate of drug-likeness (QED) is 0.0937. The Morgan fingerprint density at radius 2 is 1.84 bits per heavy atom. The monoisotopic (exact) mass is 549 g/mol. The van der Waals surface area contributed by atoms with E-state index in [1.165, 1.54) is 4.90 Å². The lowest BCUT2D eigenvalue weighted by Gasteiger charge is -2.30. The Morgan fingerprint density at radius 1 is 1.13 bits per heavy atom. The molecule has 1 aliphatic heterocycles. The van der Waals surface area contributed by atoms with Crippen LogP contribution < -0.4 is 27.8 Å². The SMILES string of the molecule is CSCCC(N)C(=O)NC(Cc1ccccc1)C(=O)N1CCCC1C(=O)NC(CCCN=C(N)N)C(=O)O. The second-order valence-corrected chi connectivity index (χ2v) is 10.2. The Morgan fingerprint density at radius 3 is 2.47 bits per heavy atom. The smallest absolute Gasteiger partial charge is 0.326 e. The van der Waals surface area contributed by atoms with E-state index in [1.54, 1.807) is 11.8 Å². The molecule has 4 atom stereocenters. The van der Waals surface area contributed by atoms with Gasteiger partial charge in [0, 0.05) is 19.5 Å². The summed E-state index contributed by atoms with van der Waals surface area (Å²) in [6.45, 7) is 0.550. The van der Waals surface area contributed by atoms with Gasteiger partial charge in [0.05, 0.1) is 6.04 Å². The summed E-state index contributed by atoms with van der Waals surface area (Å²) in [4.78, 5) is 56.5. The van der Waals surface area contributed by atoms with Gasteiger partial charge in [-0.1, -0.05) is 30.3 Å². The van der Waals surface area contributed by atoms with E-state index in [0.717, 1.165) is 5.56 Å². The van der Waals surface area contributed by atoms with Crippen molar-refractivity contribution in [2.45, 2.75) is 62.7 Å². The highest BCUT2D eigenvalue weighted by Gasteiger charge is 2.39. The standard InChI is InChI=1S/C25H39N7O5S/c1-38-14-11-17(26)21(33)31-19(15-16-7-3-2-4-8-16)23(35)32-13-6-10-20(32)22(34)30-18(24(36)37)9-5-12-29-25(27)28/h2-4,7-8,17-20H,5-6,9-15,26H2,1H3,(H,30,34)(H,31,33)(H,36,37)(H4,27,28,29). The molecule has 4 unspecified atom stereocenters. The van der Waals surface area contributed by atoms with E-state index < -0.39 is 47.9 Å². The molecule has 1 aliphatic rings. The summed E-state index contributed by atoms with van der Waals surface area (Å²) in [5, 5.41) is 14.9. The molecule has 1 fully saturated rings. The molecule has 1 saturated heterocycles. The third kappa shape index (κ3) is 9.86. The van der Waals surface area contributed by atoms with Gasteiger partial charge < -0.3 is 37.8 Å². The summed E-state index contributed by atoms with van der Waals surface area (Å²) in [5.74, 6) is -1.96. The number of rotatable bonds is 15. The van der Waals surface area contributed by atoms with Crippen LogP contribution in [0.5, 0.6) is 0 Å². The number of carboxylic acids is 1. The second kappa shape index (κ2) is 15.8. The first-order valence-corrected chi connectivity index (χ1v) is 14.0. The first-order chi connectivity index (χ1) is 18.1. The average molecular weight is 550 g/mol. The van der Waals surface area contributed by atoms with Crippen LogP contribution in [0.25, 0.3) is 0 Å². The first-order valence-electron chi connectivity index (χ1n) is 12.6. The normalized spacial score (nSPS) is 17.2. The second-order valence-electron chi connectivity index (χ2n) is 9.18. The van der Waals surface area contributed by atoms with Crippen molar-refractivity contribution in [1.82, 2.24) is 15.5 Å². The lowest BCUT2D eigenvalue weighted by Crippen LogP contribution is -2.57. The maximum Gasteiger partial charge on any atom is 0.326 e. The van der Waals surface area contributed by atoms with Crippen molar-refractivity contribution in [2.24, 2.45) is 22.2 Å². The molecule has 1 heterocycles. The molecular weight excluding hydrogens is 510 g/mol. The number of hydrogen-bond acceptors (Lipinski definition) is 7. The van der Waals surface area contributed by atoms with E-state index >= 15 is 0 Å².